The van der Waals surface area contributed by atoms with Gasteiger partial charge in [-0.3, -0.25) is 4.79 Å². The zero-order chi connectivity index (χ0) is 18.3. The average molecular weight is 353 g/mol. The standard InChI is InChI=1S/C25H36O/c1-17(2)6-4-5-7-19-9-13-24-23-11-8-18-16-20(26)10-12-21(18)22(23)14-15-25(19,24)3/h4-5,8,11,16-17,19,21-24H,6-7,9-10,12-15H2,1-3H3/b5-4+/t19-,21?,22-,23?,24?,25+/m0/s1. The summed E-state index contributed by atoms with van der Waals surface area (Å²) in [6, 6.07) is 0. The van der Waals surface area contributed by atoms with E-state index < -0.39 is 0 Å². The Kier molecular flexibility index (Phi) is 5.01. The molecule has 0 heterocycles. The normalized spacial score (nSPS) is 41.9. The molecule has 0 aliphatic heterocycles. The van der Waals surface area contributed by atoms with Crippen LogP contribution < -0.4 is 0 Å². The highest BCUT2D eigenvalue weighted by atomic mass is 16.1. The molecule has 0 radical (unpaired) electrons. The Bertz CT molecular complexity index is 637. The van der Waals surface area contributed by atoms with Crippen LogP contribution in [0.25, 0.3) is 0 Å². The molecule has 1 heteroatoms. The van der Waals surface area contributed by atoms with E-state index in [9.17, 15) is 4.79 Å². The minimum atomic E-state index is 0.342. The molecule has 26 heavy (non-hydrogen) atoms. The first-order valence-corrected chi connectivity index (χ1v) is 11.1. The minimum absolute atomic E-state index is 0.342. The molecule has 2 saturated carbocycles. The third kappa shape index (κ3) is 3.16. The van der Waals surface area contributed by atoms with Crippen molar-refractivity contribution < 1.29 is 4.79 Å². The molecule has 3 unspecified atom stereocenters. The fourth-order valence-electron chi connectivity index (χ4n) is 6.78. The van der Waals surface area contributed by atoms with Crippen LogP contribution in [0.2, 0.25) is 0 Å². The molecule has 142 valence electrons. The van der Waals surface area contributed by atoms with Crippen molar-refractivity contribution in [2.75, 3.05) is 0 Å². The van der Waals surface area contributed by atoms with E-state index in [-0.39, 0.29) is 0 Å². The van der Waals surface area contributed by atoms with Crippen LogP contribution >= 0.6 is 0 Å². The van der Waals surface area contributed by atoms with E-state index >= 15 is 0 Å². The third-order valence-corrected chi connectivity index (χ3v) is 8.26. The van der Waals surface area contributed by atoms with Crippen LogP contribution in [0.5, 0.6) is 0 Å². The first-order chi connectivity index (χ1) is 12.5. The molecule has 6 atom stereocenters. The Morgan fingerprint density at radius 1 is 1.19 bits per heavy atom. The highest BCUT2D eigenvalue weighted by Gasteiger charge is 2.54. The monoisotopic (exact) mass is 352 g/mol. The lowest BCUT2D eigenvalue weighted by molar-refractivity contribution is -0.115. The molecule has 0 aromatic carbocycles. The number of carbonyl (C=O) groups is 1. The maximum absolute atomic E-state index is 11.8. The van der Waals surface area contributed by atoms with Gasteiger partial charge in [0.2, 0.25) is 0 Å². The Morgan fingerprint density at radius 2 is 2.04 bits per heavy atom. The van der Waals surface area contributed by atoms with E-state index in [0.29, 0.717) is 17.1 Å². The summed E-state index contributed by atoms with van der Waals surface area (Å²) < 4.78 is 0. The van der Waals surface area contributed by atoms with E-state index in [1.54, 1.807) is 0 Å². The second kappa shape index (κ2) is 7.13. The van der Waals surface area contributed by atoms with Gasteiger partial charge in [0.05, 0.1) is 0 Å². The van der Waals surface area contributed by atoms with Crippen molar-refractivity contribution in [1.29, 1.82) is 0 Å². The quantitative estimate of drug-likeness (QED) is 0.527. The summed E-state index contributed by atoms with van der Waals surface area (Å²) in [5.74, 6) is 5.06. The van der Waals surface area contributed by atoms with Crippen LogP contribution in [0.15, 0.2) is 36.0 Å². The number of hydrogen-bond acceptors (Lipinski definition) is 1. The number of rotatable bonds is 4. The molecule has 0 amide bonds. The Labute approximate surface area is 160 Å². The highest BCUT2D eigenvalue weighted by molar-refractivity contribution is 5.91. The first kappa shape index (κ1) is 18.3. The zero-order valence-corrected chi connectivity index (χ0v) is 16.9. The molecule has 1 nitrogen and oxygen atoms in total. The summed E-state index contributed by atoms with van der Waals surface area (Å²) in [6.45, 7) is 7.20. The van der Waals surface area contributed by atoms with Crippen LogP contribution in [0, 0.1) is 40.9 Å². The fraction of sp³-hybridized carbons (Fsp3) is 0.720. The topological polar surface area (TPSA) is 17.1 Å². The summed E-state index contributed by atoms with van der Waals surface area (Å²) in [5, 5.41) is 0. The molecule has 0 N–H and O–H groups in total. The summed E-state index contributed by atoms with van der Waals surface area (Å²) >= 11 is 0. The van der Waals surface area contributed by atoms with Gasteiger partial charge < -0.3 is 0 Å². The Morgan fingerprint density at radius 3 is 2.85 bits per heavy atom. The molecule has 0 spiro atoms. The molecule has 0 bridgehead atoms. The Balaban J connectivity index is 1.49. The first-order valence-electron chi connectivity index (χ1n) is 11.1. The van der Waals surface area contributed by atoms with Crippen molar-refractivity contribution >= 4 is 5.78 Å². The lowest BCUT2D eigenvalue weighted by atomic mass is 9.53. The van der Waals surface area contributed by atoms with Crippen LogP contribution in [0.4, 0.5) is 0 Å². The molecule has 4 aliphatic carbocycles. The van der Waals surface area contributed by atoms with Gasteiger partial charge in [0.25, 0.3) is 0 Å². The van der Waals surface area contributed by atoms with Crippen LogP contribution in [-0.2, 0) is 4.79 Å². The van der Waals surface area contributed by atoms with E-state index in [1.807, 2.05) is 6.08 Å². The van der Waals surface area contributed by atoms with Crippen LogP contribution in [0.1, 0.15) is 72.1 Å². The number of hydrogen-bond donors (Lipinski definition) is 0. The summed E-state index contributed by atoms with van der Waals surface area (Å²) in [4.78, 5) is 11.8. The molecule has 4 rings (SSSR count). The van der Waals surface area contributed by atoms with Gasteiger partial charge in [-0.05, 0) is 97.5 Å². The van der Waals surface area contributed by atoms with E-state index in [2.05, 4.69) is 45.1 Å². The van der Waals surface area contributed by atoms with E-state index in [1.165, 1.54) is 44.1 Å². The summed E-state index contributed by atoms with van der Waals surface area (Å²) in [6.07, 6.45) is 21.6. The Hall–Kier alpha value is -1.11. The number of ketones is 1. The SMILES string of the molecule is CC(C)C/C=C/C[C@H]1CCC2C3C=CC4=CC(=O)CCC4[C@@H]3CC[C@@]21C. The minimum Gasteiger partial charge on any atom is -0.295 e. The maximum atomic E-state index is 11.8. The molecule has 0 saturated heterocycles. The number of carbonyl (C=O) groups excluding carboxylic acids is 1. The fourth-order valence-corrected chi connectivity index (χ4v) is 6.78. The molecule has 0 aromatic heterocycles. The molecule has 4 aliphatic rings. The van der Waals surface area contributed by atoms with E-state index in [4.69, 9.17) is 0 Å². The van der Waals surface area contributed by atoms with E-state index in [0.717, 1.165) is 42.4 Å². The van der Waals surface area contributed by atoms with Crippen LogP contribution in [0.3, 0.4) is 0 Å². The van der Waals surface area contributed by atoms with Gasteiger partial charge in [-0.1, -0.05) is 45.1 Å². The molecule has 2 fully saturated rings. The van der Waals surface area contributed by atoms with Gasteiger partial charge in [0, 0.05) is 6.42 Å². The second-order valence-corrected chi connectivity index (χ2v) is 10.1. The predicted molar refractivity (Wildman–Crippen MR) is 109 cm³/mol. The largest absolute Gasteiger partial charge is 0.295 e. The summed E-state index contributed by atoms with van der Waals surface area (Å²) in [7, 11) is 0. The van der Waals surface area contributed by atoms with Crippen LogP contribution in [-0.4, -0.2) is 5.78 Å². The van der Waals surface area contributed by atoms with Gasteiger partial charge in [-0.25, -0.2) is 0 Å². The molecular formula is C25H36O. The van der Waals surface area contributed by atoms with Crippen molar-refractivity contribution in [3.63, 3.8) is 0 Å². The molecular weight excluding hydrogens is 316 g/mol. The predicted octanol–water partition coefficient (Wildman–Crippen LogP) is 6.51. The van der Waals surface area contributed by atoms with Crippen molar-refractivity contribution in [3.05, 3.63) is 36.0 Å². The third-order valence-electron chi connectivity index (χ3n) is 8.26. The van der Waals surface area contributed by atoms with Gasteiger partial charge in [-0.15, -0.1) is 0 Å². The van der Waals surface area contributed by atoms with Gasteiger partial charge in [0.15, 0.2) is 5.78 Å². The average Bonchev–Trinajstić information content (AvgIpc) is 2.94. The van der Waals surface area contributed by atoms with Crippen molar-refractivity contribution in [1.82, 2.24) is 0 Å². The van der Waals surface area contributed by atoms with Gasteiger partial charge in [-0.2, -0.15) is 0 Å². The number of allylic oxidation sites excluding steroid dienone is 6. The van der Waals surface area contributed by atoms with Gasteiger partial charge in [0.1, 0.15) is 0 Å². The second-order valence-electron chi connectivity index (χ2n) is 10.1. The van der Waals surface area contributed by atoms with Crippen molar-refractivity contribution in [2.45, 2.75) is 72.1 Å². The lowest BCUT2D eigenvalue weighted by Gasteiger charge is -2.52. The maximum Gasteiger partial charge on any atom is 0.155 e. The number of fused-ring (bicyclic) bond motifs is 5. The lowest BCUT2D eigenvalue weighted by Crippen LogP contribution is -2.44. The molecule has 0 aromatic rings. The van der Waals surface area contributed by atoms with Crippen molar-refractivity contribution in [2.24, 2.45) is 40.9 Å². The van der Waals surface area contributed by atoms with Crippen molar-refractivity contribution in [3.8, 4) is 0 Å². The zero-order valence-electron chi connectivity index (χ0n) is 16.9. The van der Waals surface area contributed by atoms with Gasteiger partial charge >= 0.3 is 0 Å². The smallest absolute Gasteiger partial charge is 0.155 e. The summed E-state index contributed by atoms with van der Waals surface area (Å²) in [5.41, 5.74) is 1.87. The highest BCUT2D eigenvalue weighted by Crippen LogP contribution is 2.63.